The predicted molar refractivity (Wildman–Crippen MR) is 93.5 cm³/mol. The molecule has 1 aliphatic heterocycles. The van der Waals surface area contributed by atoms with Crippen LogP contribution < -0.4 is 10.2 Å². The Hall–Kier alpha value is -1.40. The van der Waals surface area contributed by atoms with Crippen LogP contribution in [0.5, 0.6) is 0 Å². The summed E-state index contributed by atoms with van der Waals surface area (Å²) in [4.78, 5) is 27.4. The van der Waals surface area contributed by atoms with Crippen molar-refractivity contribution in [2.24, 2.45) is 0 Å². The molecule has 2 amide bonds. The Balaban J connectivity index is 1.76. The molecule has 0 aromatic heterocycles. The Labute approximate surface area is 146 Å². The number of quaternary nitrogens is 1. The van der Waals surface area contributed by atoms with E-state index in [1.807, 2.05) is 29.2 Å². The normalized spacial score (nSPS) is 15.5. The topological polar surface area (TPSA) is 53.9 Å². The van der Waals surface area contributed by atoms with Crippen LogP contribution >= 0.6 is 15.9 Å². The number of amides is 2. The number of rotatable bonds is 6. The lowest BCUT2D eigenvalue weighted by molar-refractivity contribution is -0.896. The molecule has 0 saturated carbocycles. The highest BCUT2D eigenvalue weighted by molar-refractivity contribution is 9.10. The van der Waals surface area contributed by atoms with E-state index in [4.69, 9.17) is 0 Å². The summed E-state index contributed by atoms with van der Waals surface area (Å²) in [5, 5.41) is 2.95. The Morgan fingerprint density at radius 2 is 1.87 bits per heavy atom. The zero-order valence-corrected chi connectivity index (χ0v) is 15.2. The molecule has 0 aliphatic carbocycles. The van der Waals surface area contributed by atoms with E-state index in [2.05, 4.69) is 28.2 Å². The minimum Gasteiger partial charge on any atom is -0.351 e. The summed E-state index contributed by atoms with van der Waals surface area (Å²) < 4.78 is 0.970. The Kier molecular flexibility index (Phi) is 7.05. The fraction of sp³-hybridized carbons (Fsp3) is 0.529. The Morgan fingerprint density at radius 3 is 2.48 bits per heavy atom. The Bertz CT molecular complexity index is 525. The molecule has 1 saturated heterocycles. The molecule has 1 aliphatic rings. The molecule has 1 heterocycles. The van der Waals surface area contributed by atoms with Crippen LogP contribution in [0.15, 0.2) is 28.7 Å². The number of piperazine rings is 1. The van der Waals surface area contributed by atoms with Crippen molar-refractivity contribution < 1.29 is 14.5 Å². The fourth-order valence-corrected chi connectivity index (χ4v) is 2.94. The molecule has 2 rings (SSSR count). The van der Waals surface area contributed by atoms with E-state index in [0.717, 1.165) is 36.9 Å². The van der Waals surface area contributed by atoms with Crippen LogP contribution in [-0.2, 0) is 4.79 Å². The van der Waals surface area contributed by atoms with Crippen LogP contribution in [0, 0.1) is 0 Å². The first-order chi connectivity index (χ1) is 11.1. The van der Waals surface area contributed by atoms with Crippen molar-refractivity contribution in [1.29, 1.82) is 0 Å². The molecule has 126 valence electrons. The van der Waals surface area contributed by atoms with Gasteiger partial charge in [-0.25, -0.2) is 0 Å². The molecule has 2 N–H and O–H groups in total. The van der Waals surface area contributed by atoms with Gasteiger partial charge in [-0.1, -0.05) is 29.3 Å². The number of benzene rings is 1. The van der Waals surface area contributed by atoms with Gasteiger partial charge in [0.1, 0.15) is 0 Å². The van der Waals surface area contributed by atoms with Crippen molar-refractivity contribution in [3.05, 3.63) is 34.3 Å². The monoisotopic (exact) mass is 382 g/mol. The third kappa shape index (κ3) is 5.62. The number of nitrogens with zero attached hydrogens (tertiary/aromatic N) is 1. The van der Waals surface area contributed by atoms with Gasteiger partial charge in [0, 0.05) is 16.6 Å². The summed E-state index contributed by atoms with van der Waals surface area (Å²) in [7, 11) is 0. The van der Waals surface area contributed by atoms with Gasteiger partial charge >= 0.3 is 0 Å². The highest BCUT2D eigenvalue weighted by Crippen LogP contribution is 2.12. The van der Waals surface area contributed by atoms with Crippen molar-refractivity contribution >= 4 is 27.7 Å². The lowest BCUT2D eigenvalue weighted by Crippen LogP contribution is -3.15. The molecule has 5 nitrogen and oxygen atoms in total. The van der Waals surface area contributed by atoms with Crippen LogP contribution in [0.25, 0.3) is 0 Å². The van der Waals surface area contributed by atoms with E-state index in [1.54, 1.807) is 0 Å². The highest BCUT2D eigenvalue weighted by atomic mass is 79.9. The molecular formula is C17H25BrN3O2+. The maximum atomic E-state index is 12.4. The summed E-state index contributed by atoms with van der Waals surface area (Å²) >= 11 is 3.38. The number of nitrogens with one attached hydrogen (secondary N) is 2. The summed E-state index contributed by atoms with van der Waals surface area (Å²) in [5.41, 5.74) is 0.717. The van der Waals surface area contributed by atoms with Gasteiger partial charge in [0.15, 0.2) is 6.54 Å². The lowest BCUT2D eigenvalue weighted by Gasteiger charge is -2.32. The fourth-order valence-electron chi connectivity index (χ4n) is 2.67. The van der Waals surface area contributed by atoms with Gasteiger partial charge in [-0.2, -0.15) is 0 Å². The predicted octanol–water partition coefficient (Wildman–Crippen LogP) is 0.706. The molecule has 6 heteroatoms. The molecule has 0 unspecified atom stereocenters. The third-order valence-electron chi connectivity index (χ3n) is 4.11. The van der Waals surface area contributed by atoms with E-state index in [0.29, 0.717) is 25.2 Å². The summed E-state index contributed by atoms with van der Waals surface area (Å²) in [6.45, 7) is 6.42. The molecule has 1 fully saturated rings. The summed E-state index contributed by atoms with van der Waals surface area (Å²) in [5.74, 6) is 0.185. The second kappa shape index (κ2) is 9.03. The first-order valence-electron chi connectivity index (χ1n) is 8.25. The van der Waals surface area contributed by atoms with E-state index < -0.39 is 0 Å². The quantitative estimate of drug-likeness (QED) is 0.711. The van der Waals surface area contributed by atoms with Gasteiger partial charge in [-0.05, 0) is 30.7 Å². The number of hydrogen-bond acceptors (Lipinski definition) is 2. The van der Waals surface area contributed by atoms with Crippen LogP contribution in [0.2, 0.25) is 0 Å². The van der Waals surface area contributed by atoms with Crippen LogP contribution in [0.3, 0.4) is 0 Å². The molecule has 23 heavy (non-hydrogen) atoms. The second-order valence-electron chi connectivity index (χ2n) is 5.93. The van der Waals surface area contributed by atoms with Gasteiger partial charge in [-0.15, -0.1) is 0 Å². The molecule has 0 atom stereocenters. The van der Waals surface area contributed by atoms with Crippen molar-refractivity contribution in [2.75, 3.05) is 39.3 Å². The van der Waals surface area contributed by atoms with Gasteiger partial charge in [0.2, 0.25) is 0 Å². The number of hydrogen-bond donors (Lipinski definition) is 2. The number of carbonyl (C=O) groups is 2. The standard InChI is InChI=1S/C17H24BrN3O2/c1-2-3-8-19-16(22)13-20-9-11-21(12-10-20)17(23)14-4-6-15(18)7-5-14/h4-7H,2-3,8-13H2,1H3,(H,19,22)/p+1. The summed E-state index contributed by atoms with van der Waals surface area (Å²) in [6.07, 6.45) is 2.11. The Morgan fingerprint density at radius 1 is 1.22 bits per heavy atom. The zero-order chi connectivity index (χ0) is 16.7. The minimum atomic E-state index is 0.0731. The van der Waals surface area contributed by atoms with Crippen molar-refractivity contribution in [3.8, 4) is 0 Å². The van der Waals surface area contributed by atoms with Crippen LogP contribution in [0.4, 0.5) is 0 Å². The maximum Gasteiger partial charge on any atom is 0.275 e. The average Bonchev–Trinajstić information content (AvgIpc) is 2.56. The SMILES string of the molecule is CCCCNC(=O)C[NH+]1CCN(C(=O)c2ccc(Br)cc2)CC1. The number of halogens is 1. The molecule has 1 aromatic carbocycles. The van der Waals surface area contributed by atoms with E-state index >= 15 is 0 Å². The molecule has 0 bridgehead atoms. The third-order valence-corrected chi connectivity index (χ3v) is 4.64. The first kappa shape index (κ1) is 17.9. The van der Waals surface area contributed by atoms with Crippen LogP contribution in [-0.4, -0.2) is 56.0 Å². The second-order valence-corrected chi connectivity index (χ2v) is 6.85. The van der Waals surface area contributed by atoms with Crippen LogP contribution in [0.1, 0.15) is 30.1 Å². The van der Waals surface area contributed by atoms with Gasteiger partial charge in [0.05, 0.1) is 26.2 Å². The van der Waals surface area contributed by atoms with Gasteiger partial charge < -0.3 is 15.1 Å². The van der Waals surface area contributed by atoms with E-state index in [-0.39, 0.29) is 11.8 Å². The van der Waals surface area contributed by atoms with Crippen molar-refractivity contribution in [2.45, 2.75) is 19.8 Å². The minimum absolute atomic E-state index is 0.0731. The molecule has 0 spiro atoms. The van der Waals surface area contributed by atoms with Crippen molar-refractivity contribution in [1.82, 2.24) is 10.2 Å². The summed E-state index contributed by atoms with van der Waals surface area (Å²) in [6, 6.07) is 7.45. The molecule has 1 aromatic rings. The average molecular weight is 383 g/mol. The molecule has 0 radical (unpaired) electrons. The zero-order valence-electron chi connectivity index (χ0n) is 13.6. The molecular weight excluding hydrogens is 358 g/mol. The first-order valence-corrected chi connectivity index (χ1v) is 9.04. The largest absolute Gasteiger partial charge is 0.351 e. The number of unbranched alkanes of at least 4 members (excludes halogenated alkanes) is 1. The van der Waals surface area contributed by atoms with Crippen molar-refractivity contribution in [3.63, 3.8) is 0 Å². The maximum absolute atomic E-state index is 12.4. The highest BCUT2D eigenvalue weighted by Gasteiger charge is 2.25. The number of carbonyl (C=O) groups excluding carboxylic acids is 2. The smallest absolute Gasteiger partial charge is 0.275 e. The van der Waals surface area contributed by atoms with Gasteiger partial charge in [0.25, 0.3) is 11.8 Å². The van der Waals surface area contributed by atoms with E-state index in [1.165, 1.54) is 4.90 Å². The van der Waals surface area contributed by atoms with Gasteiger partial charge in [-0.3, -0.25) is 9.59 Å². The lowest BCUT2D eigenvalue weighted by atomic mass is 10.2. The van der Waals surface area contributed by atoms with E-state index in [9.17, 15) is 9.59 Å².